The summed E-state index contributed by atoms with van der Waals surface area (Å²) in [6.07, 6.45) is -4.05. The summed E-state index contributed by atoms with van der Waals surface area (Å²) >= 11 is 0. The maximum Gasteiger partial charge on any atom is 0.416 e. The van der Waals surface area contributed by atoms with Crippen molar-refractivity contribution in [2.45, 2.75) is 25.6 Å². The van der Waals surface area contributed by atoms with E-state index < -0.39 is 40.3 Å². The fraction of sp³-hybridized carbons (Fsp3) is 0.227. The molecule has 0 aliphatic rings. The highest BCUT2D eigenvalue weighted by Gasteiger charge is 2.30. The number of alkyl halides is 3. The monoisotopic (exact) mass is 447 g/mol. The van der Waals surface area contributed by atoms with Gasteiger partial charge in [-0.1, -0.05) is 25.1 Å². The summed E-state index contributed by atoms with van der Waals surface area (Å²) in [7, 11) is 1.40. The van der Waals surface area contributed by atoms with Crippen molar-refractivity contribution in [3.05, 3.63) is 79.6 Å². The second-order valence-corrected chi connectivity index (χ2v) is 7.04. The Kier molecular flexibility index (Phi) is 6.24. The van der Waals surface area contributed by atoms with Gasteiger partial charge >= 0.3 is 6.18 Å². The Morgan fingerprint density at radius 2 is 1.66 bits per heavy atom. The Morgan fingerprint density at radius 1 is 1.03 bits per heavy atom. The minimum atomic E-state index is -4.46. The molecule has 0 spiro atoms. The molecule has 0 aliphatic heterocycles. The van der Waals surface area contributed by atoms with Crippen LogP contribution in [0.4, 0.5) is 30.2 Å². The van der Waals surface area contributed by atoms with Gasteiger partial charge in [-0.2, -0.15) is 13.2 Å². The standard InChI is InChI=1S/C22H20F3N3O4/c1-3-14(11-7-9-12(10-8-11)22(23,24)25)27-16-17(20(31)19(16)30)28-15-6-4-5-13(18(15)29)21(32)26-2/h4-10,14,27-29H,3H2,1-2H3,(H,26,32). The number of anilines is 3. The maximum atomic E-state index is 12.8. The molecular weight excluding hydrogens is 427 g/mol. The van der Waals surface area contributed by atoms with Crippen LogP contribution in [0.15, 0.2) is 52.1 Å². The molecule has 0 radical (unpaired) electrons. The van der Waals surface area contributed by atoms with Gasteiger partial charge in [0.25, 0.3) is 16.8 Å². The van der Waals surface area contributed by atoms with Gasteiger partial charge < -0.3 is 21.1 Å². The first-order chi connectivity index (χ1) is 15.1. The van der Waals surface area contributed by atoms with Crippen LogP contribution in [0.3, 0.4) is 0 Å². The van der Waals surface area contributed by atoms with Gasteiger partial charge in [-0.25, -0.2) is 0 Å². The molecule has 0 saturated heterocycles. The van der Waals surface area contributed by atoms with E-state index in [0.29, 0.717) is 12.0 Å². The van der Waals surface area contributed by atoms with Crippen molar-refractivity contribution in [2.75, 3.05) is 17.7 Å². The number of rotatable bonds is 7. The average Bonchev–Trinajstić information content (AvgIpc) is 2.78. The maximum absolute atomic E-state index is 12.8. The summed E-state index contributed by atoms with van der Waals surface area (Å²) in [6.45, 7) is 1.77. The predicted molar refractivity (Wildman–Crippen MR) is 114 cm³/mol. The quantitative estimate of drug-likeness (QED) is 0.325. The second kappa shape index (κ2) is 8.74. The van der Waals surface area contributed by atoms with Gasteiger partial charge in [0, 0.05) is 7.05 Å². The number of aromatic hydroxyl groups is 1. The zero-order valence-corrected chi connectivity index (χ0v) is 17.1. The van der Waals surface area contributed by atoms with E-state index >= 15 is 0 Å². The number of amides is 1. The Labute approximate surface area is 180 Å². The first kappa shape index (κ1) is 22.9. The van der Waals surface area contributed by atoms with Crippen LogP contribution in [0.2, 0.25) is 0 Å². The van der Waals surface area contributed by atoms with Gasteiger partial charge in [-0.05, 0) is 36.2 Å². The second-order valence-electron chi connectivity index (χ2n) is 7.04. The minimum absolute atomic E-state index is 0.0260. The zero-order valence-electron chi connectivity index (χ0n) is 17.1. The third kappa shape index (κ3) is 4.29. The molecule has 32 heavy (non-hydrogen) atoms. The van der Waals surface area contributed by atoms with Gasteiger partial charge in [-0.3, -0.25) is 14.4 Å². The molecule has 0 aliphatic carbocycles. The Hall–Kier alpha value is -3.82. The van der Waals surface area contributed by atoms with Gasteiger partial charge in [0.05, 0.1) is 22.9 Å². The number of phenols is 1. The molecule has 7 nitrogen and oxygen atoms in total. The molecule has 4 N–H and O–H groups in total. The third-order valence-electron chi connectivity index (χ3n) is 5.04. The number of benzene rings is 2. The van der Waals surface area contributed by atoms with Crippen LogP contribution in [-0.2, 0) is 6.18 Å². The molecule has 0 bridgehead atoms. The van der Waals surface area contributed by atoms with Crippen LogP contribution >= 0.6 is 0 Å². The number of para-hydroxylation sites is 1. The van der Waals surface area contributed by atoms with Crippen LogP contribution in [0.1, 0.15) is 40.9 Å². The molecule has 1 unspecified atom stereocenters. The van der Waals surface area contributed by atoms with E-state index in [9.17, 15) is 32.7 Å². The lowest BCUT2D eigenvalue weighted by molar-refractivity contribution is -0.137. The number of carbonyl (C=O) groups excluding carboxylic acids is 1. The highest BCUT2D eigenvalue weighted by atomic mass is 19.4. The Balaban J connectivity index is 1.87. The van der Waals surface area contributed by atoms with E-state index in [2.05, 4.69) is 16.0 Å². The van der Waals surface area contributed by atoms with Crippen LogP contribution < -0.4 is 26.8 Å². The van der Waals surface area contributed by atoms with E-state index in [-0.39, 0.29) is 22.6 Å². The lowest BCUT2D eigenvalue weighted by Gasteiger charge is -2.22. The number of nitrogens with one attached hydrogen (secondary N) is 3. The van der Waals surface area contributed by atoms with Crippen molar-refractivity contribution in [2.24, 2.45) is 0 Å². The zero-order chi connectivity index (χ0) is 23.6. The normalized spacial score (nSPS) is 12.4. The Bertz CT molecular complexity index is 1210. The first-order valence-corrected chi connectivity index (χ1v) is 9.66. The summed E-state index contributed by atoms with van der Waals surface area (Å²) in [6, 6.07) is 8.28. The lowest BCUT2D eigenvalue weighted by atomic mass is 10.0. The van der Waals surface area contributed by atoms with Crippen molar-refractivity contribution in [3.63, 3.8) is 0 Å². The van der Waals surface area contributed by atoms with E-state index in [1.165, 1.54) is 37.4 Å². The van der Waals surface area contributed by atoms with E-state index in [0.717, 1.165) is 12.1 Å². The van der Waals surface area contributed by atoms with Gasteiger partial charge in [0.1, 0.15) is 11.4 Å². The van der Waals surface area contributed by atoms with E-state index in [4.69, 9.17) is 0 Å². The molecule has 0 heterocycles. The largest absolute Gasteiger partial charge is 0.505 e. The van der Waals surface area contributed by atoms with Crippen molar-refractivity contribution in [1.29, 1.82) is 0 Å². The fourth-order valence-electron chi connectivity index (χ4n) is 3.25. The average molecular weight is 447 g/mol. The predicted octanol–water partition coefficient (Wildman–Crippen LogP) is 3.67. The summed E-state index contributed by atoms with van der Waals surface area (Å²) in [5, 5.41) is 18.3. The van der Waals surface area contributed by atoms with Crippen molar-refractivity contribution in [1.82, 2.24) is 5.32 Å². The molecule has 10 heteroatoms. The molecular formula is C22H20F3N3O4. The fourth-order valence-corrected chi connectivity index (χ4v) is 3.25. The van der Waals surface area contributed by atoms with Crippen molar-refractivity contribution < 1.29 is 23.1 Å². The number of hydrogen-bond donors (Lipinski definition) is 4. The van der Waals surface area contributed by atoms with Gasteiger partial charge in [-0.15, -0.1) is 0 Å². The van der Waals surface area contributed by atoms with Crippen LogP contribution in [0.5, 0.6) is 5.75 Å². The molecule has 1 amide bonds. The number of halogens is 3. The minimum Gasteiger partial charge on any atom is -0.505 e. The van der Waals surface area contributed by atoms with Gasteiger partial charge in [0.15, 0.2) is 5.75 Å². The van der Waals surface area contributed by atoms with Crippen LogP contribution in [-0.4, -0.2) is 18.1 Å². The smallest absolute Gasteiger partial charge is 0.416 e. The van der Waals surface area contributed by atoms with Crippen LogP contribution in [0, 0.1) is 0 Å². The summed E-state index contributed by atoms with van der Waals surface area (Å²) in [5.74, 6) is -0.941. The molecule has 0 saturated carbocycles. The molecule has 168 valence electrons. The number of phenolic OH excluding ortho intramolecular Hbond substituents is 1. The number of hydrogen-bond acceptors (Lipinski definition) is 6. The molecule has 3 rings (SSSR count). The van der Waals surface area contributed by atoms with Crippen molar-refractivity contribution >= 4 is 23.0 Å². The first-order valence-electron chi connectivity index (χ1n) is 9.66. The molecule has 0 aromatic heterocycles. The summed E-state index contributed by atoms with van der Waals surface area (Å²) in [4.78, 5) is 36.1. The van der Waals surface area contributed by atoms with Gasteiger partial charge in [0.2, 0.25) is 0 Å². The van der Waals surface area contributed by atoms with Crippen molar-refractivity contribution in [3.8, 4) is 5.75 Å². The summed E-state index contributed by atoms with van der Waals surface area (Å²) in [5.41, 5.74) is -2.04. The summed E-state index contributed by atoms with van der Waals surface area (Å²) < 4.78 is 38.4. The van der Waals surface area contributed by atoms with Crippen LogP contribution in [0.25, 0.3) is 0 Å². The molecule has 1 atom stereocenters. The third-order valence-corrected chi connectivity index (χ3v) is 5.04. The molecule has 3 aromatic rings. The molecule has 0 fully saturated rings. The Morgan fingerprint density at radius 3 is 2.22 bits per heavy atom. The highest BCUT2D eigenvalue weighted by molar-refractivity contribution is 5.99. The highest BCUT2D eigenvalue weighted by Crippen LogP contribution is 2.34. The topological polar surface area (TPSA) is 108 Å². The van der Waals surface area contributed by atoms with E-state index in [1.54, 1.807) is 6.92 Å². The molecule has 3 aromatic carbocycles. The lowest BCUT2D eigenvalue weighted by Crippen LogP contribution is -2.37. The van der Waals surface area contributed by atoms with E-state index in [1.807, 2.05) is 0 Å². The SMILES string of the molecule is CCC(Nc1c(Nc2cccc(C(=O)NC)c2O)c(=O)c1=O)c1ccc(C(F)(F)F)cc1. The number of carbonyl (C=O) groups is 1.